The number of methoxy groups -OCH3 is 1. The van der Waals surface area contributed by atoms with E-state index in [1.165, 1.54) is 13.3 Å². The molecule has 1 amide bonds. The normalized spacial score (nSPS) is 17.4. The van der Waals surface area contributed by atoms with Crippen LogP contribution in [0.1, 0.15) is 5.56 Å². The zero-order valence-electron chi connectivity index (χ0n) is 12.8. The number of hydrogen-bond acceptors (Lipinski definition) is 9. The first-order valence-electron chi connectivity index (χ1n) is 6.89. The molecule has 1 aliphatic heterocycles. The Hall–Kier alpha value is -3.34. The van der Waals surface area contributed by atoms with Gasteiger partial charge in [0.05, 0.1) is 18.2 Å². The Bertz CT molecular complexity index is 872. The minimum Gasteiger partial charge on any atom is -0.466 e. The number of thioether (sulfide) groups is 1. The molecule has 1 aliphatic rings. The fourth-order valence-electron chi connectivity index (χ4n) is 1.79. The Morgan fingerprint density at radius 2 is 2.12 bits per heavy atom. The Morgan fingerprint density at radius 3 is 2.80 bits per heavy atom. The van der Waals surface area contributed by atoms with E-state index in [1.807, 2.05) is 24.3 Å². The van der Waals surface area contributed by atoms with Crippen molar-refractivity contribution in [3.63, 3.8) is 0 Å². The molecule has 0 aliphatic carbocycles. The van der Waals surface area contributed by atoms with Crippen molar-refractivity contribution in [2.75, 3.05) is 7.11 Å². The molecule has 1 fully saturated rings. The summed E-state index contributed by atoms with van der Waals surface area (Å²) in [7, 11) is 1.24. The van der Waals surface area contributed by atoms with Gasteiger partial charge in [-0.2, -0.15) is 10.3 Å². The molecular weight excluding hydrogens is 346 g/mol. The van der Waals surface area contributed by atoms with Crippen LogP contribution in [0.5, 0.6) is 0 Å². The van der Waals surface area contributed by atoms with Crippen LogP contribution in [0, 0.1) is 0 Å². The second kappa shape index (κ2) is 7.49. The van der Waals surface area contributed by atoms with Crippen LogP contribution in [0.25, 0.3) is 11.4 Å². The SMILES string of the molecule is COC(=O)/C=C1/S/C(=N\N=Cc2ccc(-c3nn[nH]n3)cc2)NC1=O. The predicted molar refractivity (Wildman–Crippen MR) is 90.5 cm³/mol. The number of nitrogens with zero attached hydrogens (tertiary/aromatic N) is 5. The van der Waals surface area contributed by atoms with E-state index in [0.29, 0.717) is 5.82 Å². The summed E-state index contributed by atoms with van der Waals surface area (Å²) in [5.41, 5.74) is 1.62. The van der Waals surface area contributed by atoms with Crippen LogP contribution in [-0.2, 0) is 14.3 Å². The van der Waals surface area contributed by atoms with Crippen molar-refractivity contribution < 1.29 is 14.3 Å². The summed E-state index contributed by atoms with van der Waals surface area (Å²) in [4.78, 5) is 23.0. The molecule has 3 rings (SSSR count). The first-order chi connectivity index (χ1) is 12.2. The van der Waals surface area contributed by atoms with E-state index in [9.17, 15) is 9.59 Å². The molecule has 1 aromatic heterocycles. The third-order valence-corrected chi connectivity index (χ3v) is 3.87. The number of esters is 1. The van der Waals surface area contributed by atoms with E-state index >= 15 is 0 Å². The van der Waals surface area contributed by atoms with E-state index in [-0.39, 0.29) is 10.1 Å². The number of aromatic amines is 1. The van der Waals surface area contributed by atoms with Crippen molar-refractivity contribution in [1.29, 1.82) is 0 Å². The lowest BCUT2D eigenvalue weighted by atomic mass is 10.1. The molecule has 2 N–H and O–H groups in total. The van der Waals surface area contributed by atoms with Crippen LogP contribution in [-0.4, -0.2) is 51.0 Å². The number of benzene rings is 1. The van der Waals surface area contributed by atoms with E-state index in [1.54, 1.807) is 0 Å². The van der Waals surface area contributed by atoms with Crippen molar-refractivity contribution in [1.82, 2.24) is 25.9 Å². The van der Waals surface area contributed by atoms with Crippen molar-refractivity contribution >= 4 is 35.0 Å². The number of nitrogens with one attached hydrogen (secondary N) is 2. The molecule has 0 spiro atoms. The molecule has 0 bridgehead atoms. The van der Waals surface area contributed by atoms with Gasteiger partial charge in [0.25, 0.3) is 5.91 Å². The summed E-state index contributed by atoms with van der Waals surface area (Å²) >= 11 is 1.01. The van der Waals surface area contributed by atoms with Gasteiger partial charge in [0.1, 0.15) is 0 Å². The van der Waals surface area contributed by atoms with Crippen LogP contribution in [0.4, 0.5) is 0 Å². The average Bonchev–Trinajstić information content (AvgIpc) is 3.26. The number of H-pyrrole nitrogens is 1. The van der Waals surface area contributed by atoms with E-state index < -0.39 is 11.9 Å². The number of rotatable bonds is 4. The highest BCUT2D eigenvalue weighted by molar-refractivity contribution is 8.18. The van der Waals surface area contributed by atoms with Crippen LogP contribution >= 0.6 is 11.8 Å². The summed E-state index contributed by atoms with van der Waals surface area (Å²) in [6, 6.07) is 7.28. The molecule has 0 radical (unpaired) electrons. The van der Waals surface area contributed by atoms with Gasteiger partial charge in [-0.05, 0) is 22.5 Å². The lowest BCUT2D eigenvalue weighted by Crippen LogP contribution is -2.19. The average molecular weight is 357 g/mol. The quantitative estimate of drug-likeness (QED) is 0.351. The van der Waals surface area contributed by atoms with Gasteiger partial charge in [-0.1, -0.05) is 24.3 Å². The van der Waals surface area contributed by atoms with E-state index in [0.717, 1.165) is 29.0 Å². The van der Waals surface area contributed by atoms with Gasteiger partial charge in [-0.15, -0.1) is 15.3 Å². The second-order valence-electron chi connectivity index (χ2n) is 4.60. The molecule has 126 valence electrons. The number of aromatic nitrogens is 4. The first-order valence-corrected chi connectivity index (χ1v) is 7.71. The minimum atomic E-state index is -0.607. The highest BCUT2D eigenvalue weighted by atomic mass is 32.2. The number of tetrazole rings is 1. The van der Waals surface area contributed by atoms with Crippen LogP contribution in [0.3, 0.4) is 0 Å². The monoisotopic (exact) mass is 357 g/mol. The van der Waals surface area contributed by atoms with Crippen molar-refractivity contribution in [2.45, 2.75) is 0 Å². The standard InChI is InChI=1S/C14H11N7O3S/c1-24-11(22)6-10-13(23)16-14(25-10)19-15-7-8-2-4-9(5-3-8)12-17-20-21-18-12/h2-7H,1H3,(H,16,19,23)(H,17,18,20,21)/b10-6+,15-7?. The zero-order valence-corrected chi connectivity index (χ0v) is 13.6. The van der Waals surface area contributed by atoms with E-state index in [2.05, 4.69) is 40.9 Å². The van der Waals surface area contributed by atoms with Gasteiger partial charge in [-0.3, -0.25) is 10.1 Å². The number of amidine groups is 1. The van der Waals surface area contributed by atoms with Gasteiger partial charge < -0.3 is 4.74 Å². The lowest BCUT2D eigenvalue weighted by molar-refractivity contribution is -0.135. The van der Waals surface area contributed by atoms with Gasteiger partial charge in [0, 0.05) is 11.6 Å². The minimum absolute atomic E-state index is 0.199. The van der Waals surface area contributed by atoms with Crippen LogP contribution < -0.4 is 5.32 Å². The molecule has 2 aromatic rings. The molecular formula is C14H11N7O3S. The van der Waals surface area contributed by atoms with Crippen molar-refractivity contribution in [3.05, 3.63) is 40.8 Å². The largest absolute Gasteiger partial charge is 0.466 e. The number of amides is 1. The fraction of sp³-hybridized carbons (Fsp3) is 0.0714. The topological polar surface area (TPSA) is 135 Å². The van der Waals surface area contributed by atoms with Gasteiger partial charge in [-0.25, -0.2) is 4.79 Å². The molecule has 0 unspecified atom stereocenters. The zero-order chi connectivity index (χ0) is 17.6. The van der Waals surface area contributed by atoms with Gasteiger partial charge in [0.2, 0.25) is 5.82 Å². The molecule has 0 saturated carbocycles. The Morgan fingerprint density at radius 1 is 1.32 bits per heavy atom. The molecule has 1 saturated heterocycles. The lowest BCUT2D eigenvalue weighted by Gasteiger charge is -1.95. The van der Waals surface area contributed by atoms with Gasteiger partial charge in [0.15, 0.2) is 5.17 Å². The predicted octanol–water partition coefficient (Wildman–Crippen LogP) is 0.476. The second-order valence-corrected chi connectivity index (χ2v) is 5.63. The highest BCUT2D eigenvalue weighted by Crippen LogP contribution is 2.23. The summed E-state index contributed by atoms with van der Waals surface area (Å²) in [5, 5.41) is 24.3. The van der Waals surface area contributed by atoms with Crippen LogP contribution in [0.2, 0.25) is 0 Å². The maximum absolute atomic E-state index is 11.7. The summed E-state index contributed by atoms with van der Waals surface area (Å²) in [5.74, 6) is -0.531. The Kier molecular flexibility index (Phi) is 4.95. The third-order valence-electron chi connectivity index (χ3n) is 2.97. The Labute approximate surface area is 145 Å². The fourth-order valence-corrected chi connectivity index (χ4v) is 2.53. The number of carbonyl (C=O) groups excluding carboxylic acids is 2. The molecule has 10 nitrogen and oxygen atoms in total. The number of ether oxygens (including phenoxy) is 1. The maximum atomic E-state index is 11.7. The third kappa shape index (κ3) is 4.14. The first kappa shape index (κ1) is 16.5. The number of carbonyl (C=O) groups is 2. The summed E-state index contributed by atoms with van der Waals surface area (Å²) in [6.45, 7) is 0. The molecule has 11 heteroatoms. The van der Waals surface area contributed by atoms with Crippen molar-refractivity contribution in [2.24, 2.45) is 10.2 Å². The van der Waals surface area contributed by atoms with Gasteiger partial charge >= 0.3 is 5.97 Å². The van der Waals surface area contributed by atoms with E-state index in [4.69, 9.17) is 0 Å². The summed E-state index contributed by atoms with van der Waals surface area (Å²) < 4.78 is 4.48. The number of hydrogen-bond donors (Lipinski definition) is 2. The maximum Gasteiger partial charge on any atom is 0.331 e. The molecule has 25 heavy (non-hydrogen) atoms. The molecule has 0 atom stereocenters. The highest BCUT2D eigenvalue weighted by Gasteiger charge is 2.24. The van der Waals surface area contributed by atoms with Crippen molar-refractivity contribution in [3.8, 4) is 11.4 Å². The molecule has 2 heterocycles. The Balaban J connectivity index is 1.65. The van der Waals surface area contributed by atoms with Crippen LogP contribution in [0.15, 0.2) is 45.4 Å². The smallest absolute Gasteiger partial charge is 0.331 e. The summed E-state index contributed by atoms with van der Waals surface area (Å²) in [6.07, 6.45) is 2.63. The molecule has 1 aromatic carbocycles.